The van der Waals surface area contributed by atoms with E-state index in [1.54, 1.807) is 18.7 Å². The molecule has 2 heterocycles. The number of amidine groups is 1. The molecule has 1 amide bonds. The maximum atomic E-state index is 11.7. The molecule has 26 heavy (non-hydrogen) atoms. The zero-order chi connectivity index (χ0) is 18.4. The molecule has 132 valence electrons. The summed E-state index contributed by atoms with van der Waals surface area (Å²) in [6.07, 6.45) is 8.11. The smallest absolute Gasteiger partial charge is 0.331 e. The van der Waals surface area contributed by atoms with Gasteiger partial charge in [-0.2, -0.15) is 5.10 Å². The van der Waals surface area contributed by atoms with E-state index < -0.39 is 11.9 Å². The van der Waals surface area contributed by atoms with Gasteiger partial charge in [-0.25, -0.2) is 9.78 Å². The average molecular weight is 369 g/mol. The van der Waals surface area contributed by atoms with Crippen molar-refractivity contribution >= 4 is 35.0 Å². The van der Waals surface area contributed by atoms with Crippen molar-refractivity contribution in [1.82, 2.24) is 14.9 Å². The molecule has 1 aliphatic heterocycles. The Morgan fingerprint density at radius 1 is 1.38 bits per heavy atom. The SMILES string of the molecule is COC(=O)/C=C1/S/C(=N\N=Cc2ccc(Cn3ccnc3)cc2)NC1=O. The van der Waals surface area contributed by atoms with Crippen LogP contribution >= 0.6 is 11.8 Å². The van der Waals surface area contributed by atoms with Crippen LogP contribution in [0.15, 0.2) is 64.2 Å². The minimum absolute atomic E-state index is 0.217. The first kappa shape index (κ1) is 17.6. The summed E-state index contributed by atoms with van der Waals surface area (Å²) >= 11 is 1.03. The number of hydrogen-bond donors (Lipinski definition) is 1. The minimum Gasteiger partial charge on any atom is -0.466 e. The number of rotatable bonds is 5. The molecule has 0 atom stereocenters. The highest BCUT2D eigenvalue weighted by molar-refractivity contribution is 8.18. The fourth-order valence-corrected chi connectivity index (χ4v) is 2.83. The van der Waals surface area contributed by atoms with E-state index in [0.717, 1.165) is 35.5 Å². The van der Waals surface area contributed by atoms with Crippen LogP contribution in [0.1, 0.15) is 11.1 Å². The largest absolute Gasteiger partial charge is 0.466 e. The van der Waals surface area contributed by atoms with Crippen molar-refractivity contribution in [2.24, 2.45) is 10.2 Å². The molecule has 3 rings (SSSR count). The Bertz CT molecular complexity index is 886. The number of amides is 1. The highest BCUT2D eigenvalue weighted by Gasteiger charge is 2.24. The van der Waals surface area contributed by atoms with Crippen molar-refractivity contribution in [3.8, 4) is 0 Å². The van der Waals surface area contributed by atoms with Crippen LogP contribution in [0.4, 0.5) is 0 Å². The third-order valence-electron chi connectivity index (χ3n) is 3.36. The Labute approximate surface area is 153 Å². The number of nitrogens with zero attached hydrogens (tertiary/aromatic N) is 4. The highest BCUT2D eigenvalue weighted by atomic mass is 32.2. The monoisotopic (exact) mass is 369 g/mol. The molecule has 1 aromatic heterocycles. The Kier molecular flexibility index (Phi) is 5.59. The molecule has 9 heteroatoms. The van der Waals surface area contributed by atoms with E-state index in [9.17, 15) is 9.59 Å². The summed E-state index contributed by atoms with van der Waals surface area (Å²) in [6.45, 7) is 0.748. The second kappa shape index (κ2) is 8.26. The van der Waals surface area contributed by atoms with Crippen molar-refractivity contribution in [3.05, 3.63) is 65.1 Å². The molecule has 0 unspecified atom stereocenters. The topological polar surface area (TPSA) is 97.9 Å². The number of imidazole rings is 1. The van der Waals surface area contributed by atoms with E-state index >= 15 is 0 Å². The fourth-order valence-electron chi connectivity index (χ4n) is 2.09. The van der Waals surface area contributed by atoms with Crippen LogP contribution in [0.2, 0.25) is 0 Å². The first-order valence-corrected chi connectivity index (χ1v) is 8.40. The summed E-state index contributed by atoms with van der Waals surface area (Å²) in [6, 6.07) is 7.85. The molecule has 1 aromatic carbocycles. The summed E-state index contributed by atoms with van der Waals surface area (Å²) < 4.78 is 6.47. The summed E-state index contributed by atoms with van der Waals surface area (Å²) in [5, 5.41) is 10.7. The third kappa shape index (κ3) is 4.67. The molecule has 0 radical (unpaired) electrons. The zero-order valence-corrected chi connectivity index (χ0v) is 14.6. The van der Waals surface area contributed by atoms with Crippen LogP contribution in [0.5, 0.6) is 0 Å². The van der Waals surface area contributed by atoms with E-state index in [1.165, 1.54) is 7.11 Å². The van der Waals surface area contributed by atoms with Crippen LogP contribution in [0, 0.1) is 0 Å². The van der Waals surface area contributed by atoms with Crippen LogP contribution in [-0.4, -0.2) is 39.9 Å². The Balaban J connectivity index is 1.60. The molecule has 0 bridgehead atoms. The van der Waals surface area contributed by atoms with E-state index in [1.807, 2.05) is 35.0 Å². The molecule has 0 aliphatic carbocycles. The molecule has 8 nitrogen and oxygen atoms in total. The molecule has 0 spiro atoms. The molecule has 0 saturated carbocycles. The lowest BCUT2D eigenvalue weighted by molar-refractivity contribution is -0.135. The lowest BCUT2D eigenvalue weighted by Gasteiger charge is -2.02. The third-order valence-corrected chi connectivity index (χ3v) is 4.26. The van der Waals surface area contributed by atoms with Gasteiger partial charge in [-0.1, -0.05) is 24.3 Å². The first-order chi connectivity index (χ1) is 12.6. The lowest BCUT2D eigenvalue weighted by Crippen LogP contribution is -2.19. The van der Waals surface area contributed by atoms with Crippen molar-refractivity contribution < 1.29 is 14.3 Å². The zero-order valence-electron chi connectivity index (χ0n) is 13.8. The van der Waals surface area contributed by atoms with Crippen LogP contribution in [0.3, 0.4) is 0 Å². The van der Waals surface area contributed by atoms with Gasteiger partial charge in [0.1, 0.15) is 0 Å². The van der Waals surface area contributed by atoms with Crippen molar-refractivity contribution in [2.45, 2.75) is 6.54 Å². The van der Waals surface area contributed by atoms with Gasteiger partial charge >= 0.3 is 5.97 Å². The number of esters is 1. The quantitative estimate of drug-likeness (QED) is 0.373. The number of carbonyl (C=O) groups is 2. The van der Waals surface area contributed by atoms with Gasteiger partial charge in [0, 0.05) is 25.0 Å². The lowest BCUT2D eigenvalue weighted by atomic mass is 10.1. The normalized spacial score (nSPS) is 17.2. The van der Waals surface area contributed by atoms with Gasteiger partial charge in [-0.15, -0.1) is 5.10 Å². The van der Waals surface area contributed by atoms with E-state index in [0.29, 0.717) is 5.17 Å². The van der Waals surface area contributed by atoms with Crippen molar-refractivity contribution in [2.75, 3.05) is 7.11 Å². The van der Waals surface area contributed by atoms with Gasteiger partial charge in [-0.05, 0) is 22.9 Å². The number of carbonyl (C=O) groups excluding carboxylic acids is 2. The predicted octanol–water partition coefficient (Wildman–Crippen LogP) is 1.54. The Hall–Kier alpha value is -3.20. The maximum Gasteiger partial charge on any atom is 0.331 e. The second-order valence-electron chi connectivity index (χ2n) is 5.21. The summed E-state index contributed by atoms with van der Waals surface area (Å²) in [5.74, 6) is -0.999. The molecule has 1 saturated heterocycles. The predicted molar refractivity (Wildman–Crippen MR) is 98.6 cm³/mol. The molecular formula is C17H15N5O3S. The van der Waals surface area contributed by atoms with Gasteiger partial charge in [0.15, 0.2) is 5.17 Å². The molecule has 1 aliphatic rings. The summed E-state index contributed by atoms with van der Waals surface area (Å²) in [5.41, 5.74) is 2.02. The van der Waals surface area contributed by atoms with Gasteiger partial charge in [-0.3, -0.25) is 10.1 Å². The highest BCUT2D eigenvalue weighted by Crippen LogP contribution is 2.23. The second-order valence-corrected chi connectivity index (χ2v) is 6.24. The number of hydrogen-bond acceptors (Lipinski definition) is 7. The van der Waals surface area contributed by atoms with Crippen LogP contribution in [0.25, 0.3) is 0 Å². The van der Waals surface area contributed by atoms with Crippen molar-refractivity contribution in [3.63, 3.8) is 0 Å². The number of aromatic nitrogens is 2. The average Bonchev–Trinajstić information content (AvgIpc) is 3.26. The summed E-state index contributed by atoms with van der Waals surface area (Å²) in [7, 11) is 1.25. The van der Waals surface area contributed by atoms with Crippen LogP contribution < -0.4 is 5.32 Å². The van der Waals surface area contributed by atoms with E-state index in [4.69, 9.17) is 0 Å². The van der Waals surface area contributed by atoms with Gasteiger partial charge in [0.2, 0.25) is 0 Å². The Morgan fingerprint density at radius 3 is 2.88 bits per heavy atom. The molecule has 1 N–H and O–H groups in total. The van der Waals surface area contributed by atoms with E-state index in [-0.39, 0.29) is 4.91 Å². The van der Waals surface area contributed by atoms with Gasteiger partial charge in [0.25, 0.3) is 5.91 Å². The number of methoxy groups -OCH3 is 1. The van der Waals surface area contributed by atoms with E-state index in [2.05, 4.69) is 25.2 Å². The Morgan fingerprint density at radius 2 is 2.19 bits per heavy atom. The fraction of sp³-hybridized carbons (Fsp3) is 0.118. The molecular weight excluding hydrogens is 354 g/mol. The first-order valence-electron chi connectivity index (χ1n) is 7.58. The van der Waals surface area contributed by atoms with Gasteiger partial charge in [0.05, 0.1) is 24.6 Å². The maximum absolute atomic E-state index is 11.7. The van der Waals surface area contributed by atoms with Crippen LogP contribution in [-0.2, 0) is 20.9 Å². The number of thioether (sulfide) groups is 1. The van der Waals surface area contributed by atoms with Gasteiger partial charge < -0.3 is 9.30 Å². The number of nitrogens with one attached hydrogen (secondary N) is 1. The molecule has 1 fully saturated rings. The number of benzene rings is 1. The standard InChI is InChI=1S/C17H15N5O3S/c1-25-15(23)8-14-16(24)20-17(26-14)21-19-9-12-2-4-13(5-3-12)10-22-7-6-18-11-22/h2-9,11H,10H2,1H3,(H,20,21,24)/b14-8+,19-9?. The van der Waals surface area contributed by atoms with Crippen molar-refractivity contribution in [1.29, 1.82) is 0 Å². The molecule has 2 aromatic rings. The number of ether oxygens (including phenoxy) is 1. The minimum atomic E-state index is -0.594. The summed E-state index contributed by atoms with van der Waals surface area (Å²) in [4.78, 5) is 27.1.